The fraction of sp³-hybridized carbons (Fsp3) is 0.125. The van der Waals surface area contributed by atoms with Gasteiger partial charge in [0.2, 0.25) is 0 Å². The molecule has 0 bridgehead atoms. The number of nitrogen functional groups attached to an aromatic ring is 1. The van der Waals surface area contributed by atoms with E-state index in [4.69, 9.17) is 10.5 Å². The number of hydrogen-bond acceptors (Lipinski definition) is 4. The summed E-state index contributed by atoms with van der Waals surface area (Å²) in [6.07, 6.45) is 0. The first-order valence-corrected chi connectivity index (χ1v) is 6.38. The standard InChI is InChI=1S/C16H15N3O/c1-20-10-16-18-14(9-15(17)19-16)13-8-4-6-11-5-2-3-7-12(11)13/h2-9H,10H2,1H3,(H2,17,18,19). The summed E-state index contributed by atoms with van der Waals surface area (Å²) in [6.45, 7) is 0.350. The zero-order valence-electron chi connectivity index (χ0n) is 11.2. The van der Waals surface area contributed by atoms with Crippen molar-refractivity contribution < 1.29 is 4.74 Å². The molecule has 100 valence electrons. The largest absolute Gasteiger partial charge is 0.384 e. The van der Waals surface area contributed by atoms with Crippen molar-refractivity contribution in [3.63, 3.8) is 0 Å². The summed E-state index contributed by atoms with van der Waals surface area (Å²) in [5.41, 5.74) is 7.74. The molecule has 0 spiro atoms. The van der Waals surface area contributed by atoms with Gasteiger partial charge in [-0.25, -0.2) is 9.97 Å². The van der Waals surface area contributed by atoms with Gasteiger partial charge in [0.05, 0.1) is 5.69 Å². The van der Waals surface area contributed by atoms with E-state index in [1.54, 1.807) is 13.2 Å². The van der Waals surface area contributed by atoms with Gasteiger partial charge in [-0.2, -0.15) is 0 Å². The summed E-state index contributed by atoms with van der Waals surface area (Å²) in [7, 11) is 1.62. The highest BCUT2D eigenvalue weighted by Gasteiger charge is 2.08. The van der Waals surface area contributed by atoms with Crippen molar-refractivity contribution in [3.8, 4) is 11.3 Å². The average Bonchev–Trinajstić information content (AvgIpc) is 2.46. The Morgan fingerprint density at radius 1 is 1.05 bits per heavy atom. The molecule has 0 atom stereocenters. The molecule has 0 unspecified atom stereocenters. The van der Waals surface area contributed by atoms with Crippen LogP contribution < -0.4 is 5.73 Å². The monoisotopic (exact) mass is 265 g/mol. The summed E-state index contributed by atoms with van der Waals surface area (Å²) in [5.74, 6) is 1.05. The molecule has 0 amide bonds. The number of nitrogens with zero attached hydrogens (tertiary/aromatic N) is 2. The Labute approximate surface area is 117 Å². The number of aromatic nitrogens is 2. The number of rotatable bonds is 3. The first kappa shape index (κ1) is 12.6. The van der Waals surface area contributed by atoms with Gasteiger partial charge in [-0.3, -0.25) is 0 Å². The number of fused-ring (bicyclic) bond motifs is 1. The molecular formula is C16H15N3O. The second-order valence-corrected chi connectivity index (χ2v) is 4.55. The summed E-state index contributed by atoms with van der Waals surface area (Å²) in [5, 5.41) is 2.33. The number of ether oxygens (including phenoxy) is 1. The van der Waals surface area contributed by atoms with Gasteiger partial charge in [-0.1, -0.05) is 42.5 Å². The molecule has 20 heavy (non-hydrogen) atoms. The molecule has 4 nitrogen and oxygen atoms in total. The van der Waals surface area contributed by atoms with Crippen LogP contribution in [0.15, 0.2) is 48.5 Å². The maximum atomic E-state index is 5.86. The maximum Gasteiger partial charge on any atom is 0.157 e. The van der Waals surface area contributed by atoms with E-state index in [2.05, 4.69) is 28.2 Å². The van der Waals surface area contributed by atoms with Gasteiger partial charge < -0.3 is 10.5 Å². The van der Waals surface area contributed by atoms with Crippen molar-refractivity contribution in [2.75, 3.05) is 12.8 Å². The van der Waals surface area contributed by atoms with Crippen LogP contribution in [-0.4, -0.2) is 17.1 Å². The van der Waals surface area contributed by atoms with Crippen molar-refractivity contribution in [2.45, 2.75) is 6.61 Å². The van der Waals surface area contributed by atoms with Crippen LogP contribution in [0.25, 0.3) is 22.0 Å². The van der Waals surface area contributed by atoms with Gasteiger partial charge in [-0.15, -0.1) is 0 Å². The zero-order chi connectivity index (χ0) is 13.9. The Bertz CT molecular complexity index is 750. The van der Waals surface area contributed by atoms with E-state index in [1.165, 1.54) is 5.39 Å². The summed E-state index contributed by atoms with van der Waals surface area (Å²) >= 11 is 0. The highest BCUT2D eigenvalue weighted by atomic mass is 16.5. The number of nitrogens with two attached hydrogens (primary N) is 1. The minimum absolute atomic E-state index is 0.350. The fourth-order valence-electron chi connectivity index (χ4n) is 2.30. The highest BCUT2D eigenvalue weighted by Crippen LogP contribution is 2.28. The van der Waals surface area contributed by atoms with Crippen molar-refractivity contribution >= 4 is 16.6 Å². The molecule has 0 saturated heterocycles. The molecule has 2 aromatic carbocycles. The molecule has 0 radical (unpaired) electrons. The van der Waals surface area contributed by atoms with E-state index < -0.39 is 0 Å². The lowest BCUT2D eigenvalue weighted by molar-refractivity contribution is 0.178. The number of hydrogen-bond donors (Lipinski definition) is 1. The third kappa shape index (κ3) is 2.33. The second-order valence-electron chi connectivity index (χ2n) is 4.55. The topological polar surface area (TPSA) is 61.0 Å². The Balaban J connectivity index is 2.20. The van der Waals surface area contributed by atoms with Crippen LogP contribution in [-0.2, 0) is 11.3 Å². The van der Waals surface area contributed by atoms with Crippen molar-refractivity contribution in [3.05, 3.63) is 54.4 Å². The molecule has 1 heterocycles. The first-order valence-electron chi connectivity index (χ1n) is 6.38. The molecule has 0 aliphatic carbocycles. The third-order valence-corrected chi connectivity index (χ3v) is 3.13. The van der Waals surface area contributed by atoms with Crippen LogP contribution in [0.3, 0.4) is 0 Å². The van der Waals surface area contributed by atoms with Gasteiger partial charge in [0.1, 0.15) is 12.4 Å². The lowest BCUT2D eigenvalue weighted by Crippen LogP contribution is -2.02. The second kappa shape index (κ2) is 5.27. The van der Waals surface area contributed by atoms with E-state index in [0.29, 0.717) is 18.2 Å². The quantitative estimate of drug-likeness (QED) is 0.790. The predicted molar refractivity (Wildman–Crippen MR) is 80.1 cm³/mol. The van der Waals surface area contributed by atoms with E-state index in [-0.39, 0.29) is 0 Å². The van der Waals surface area contributed by atoms with E-state index in [0.717, 1.165) is 16.6 Å². The SMILES string of the molecule is COCc1nc(N)cc(-c2cccc3ccccc23)n1. The van der Waals surface area contributed by atoms with E-state index >= 15 is 0 Å². The summed E-state index contributed by atoms with van der Waals surface area (Å²) in [4.78, 5) is 8.70. The summed E-state index contributed by atoms with van der Waals surface area (Å²) in [6, 6.07) is 16.1. The minimum atomic E-state index is 0.350. The van der Waals surface area contributed by atoms with E-state index in [1.807, 2.05) is 24.3 Å². The van der Waals surface area contributed by atoms with Crippen LogP contribution in [0.1, 0.15) is 5.82 Å². The first-order chi connectivity index (χ1) is 9.78. The normalized spacial score (nSPS) is 10.8. The van der Waals surface area contributed by atoms with Crippen LogP contribution in [0.4, 0.5) is 5.82 Å². The molecule has 4 heteroatoms. The number of benzene rings is 2. The third-order valence-electron chi connectivity index (χ3n) is 3.13. The smallest absolute Gasteiger partial charge is 0.157 e. The van der Waals surface area contributed by atoms with Gasteiger partial charge in [-0.05, 0) is 10.8 Å². The Hall–Kier alpha value is -2.46. The molecule has 2 N–H and O–H groups in total. The summed E-state index contributed by atoms with van der Waals surface area (Å²) < 4.78 is 5.08. The van der Waals surface area contributed by atoms with Crippen LogP contribution in [0.5, 0.6) is 0 Å². The Kier molecular flexibility index (Phi) is 3.31. The lowest BCUT2D eigenvalue weighted by atomic mass is 10.0. The van der Waals surface area contributed by atoms with Crippen LogP contribution >= 0.6 is 0 Å². The zero-order valence-corrected chi connectivity index (χ0v) is 11.2. The van der Waals surface area contributed by atoms with Gasteiger partial charge >= 0.3 is 0 Å². The molecule has 1 aromatic heterocycles. The van der Waals surface area contributed by atoms with Crippen LogP contribution in [0, 0.1) is 0 Å². The molecule has 0 aliphatic heterocycles. The molecule has 3 rings (SSSR count). The van der Waals surface area contributed by atoms with E-state index in [9.17, 15) is 0 Å². The lowest BCUT2D eigenvalue weighted by Gasteiger charge is -2.08. The Morgan fingerprint density at radius 3 is 2.70 bits per heavy atom. The molecule has 0 aliphatic rings. The fourth-order valence-corrected chi connectivity index (χ4v) is 2.30. The molecule has 0 fully saturated rings. The molecular weight excluding hydrogens is 250 g/mol. The molecule has 0 saturated carbocycles. The van der Waals surface area contributed by atoms with Gasteiger partial charge in [0.25, 0.3) is 0 Å². The number of anilines is 1. The predicted octanol–water partition coefficient (Wildman–Crippen LogP) is 3.03. The Morgan fingerprint density at radius 2 is 1.85 bits per heavy atom. The highest BCUT2D eigenvalue weighted by molar-refractivity contribution is 5.95. The minimum Gasteiger partial charge on any atom is -0.384 e. The van der Waals surface area contributed by atoms with Crippen LogP contribution in [0.2, 0.25) is 0 Å². The molecule has 3 aromatic rings. The van der Waals surface area contributed by atoms with Crippen molar-refractivity contribution in [1.29, 1.82) is 0 Å². The average molecular weight is 265 g/mol. The van der Waals surface area contributed by atoms with Crippen molar-refractivity contribution in [2.24, 2.45) is 0 Å². The van der Waals surface area contributed by atoms with Crippen molar-refractivity contribution in [1.82, 2.24) is 9.97 Å². The van der Waals surface area contributed by atoms with Gasteiger partial charge in [0, 0.05) is 18.7 Å². The number of methoxy groups -OCH3 is 1. The maximum absolute atomic E-state index is 5.86. The van der Waals surface area contributed by atoms with Gasteiger partial charge in [0.15, 0.2) is 5.82 Å².